The molecule has 1 aliphatic carbocycles. The van der Waals surface area contributed by atoms with Crippen molar-refractivity contribution in [2.45, 2.75) is 46.6 Å². The van der Waals surface area contributed by atoms with E-state index in [9.17, 15) is 0 Å². The summed E-state index contributed by atoms with van der Waals surface area (Å²) in [5.74, 6) is 0. The number of likely N-dealkylation sites (N-methyl/N-ethyl adjacent to an activating group) is 1. The normalized spacial score (nSPS) is 16.8. The van der Waals surface area contributed by atoms with Crippen LogP contribution in [-0.2, 0) is 4.74 Å². The van der Waals surface area contributed by atoms with Crippen molar-refractivity contribution >= 4 is 0 Å². The molecule has 0 aromatic carbocycles. The lowest BCUT2D eigenvalue weighted by molar-refractivity contribution is 0.0968. The molecule has 0 aliphatic heterocycles. The molecule has 0 heterocycles. The second-order valence-electron chi connectivity index (χ2n) is 5.89. The van der Waals surface area contributed by atoms with Gasteiger partial charge in [0.15, 0.2) is 0 Å². The largest absolute Gasteiger partial charge is 0.380 e. The third kappa shape index (κ3) is 7.02. The van der Waals surface area contributed by atoms with Crippen LogP contribution in [0.4, 0.5) is 0 Å². The number of nitrogens with one attached hydrogen (secondary N) is 1. The molecule has 0 aromatic heterocycles. The van der Waals surface area contributed by atoms with Crippen LogP contribution in [0.25, 0.3) is 0 Å². The van der Waals surface area contributed by atoms with Crippen molar-refractivity contribution < 1.29 is 4.74 Å². The Balaban J connectivity index is 2.20. The van der Waals surface area contributed by atoms with E-state index in [2.05, 4.69) is 37.9 Å². The van der Waals surface area contributed by atoms with Crippen LogP contribution < -0.4 is 5.32 Å². The highest BCUT2D eigenvalue weighted by Crippen LogP contribution is 2.22. The SMILES string of the molecule is CCOCCN(CC)CC(C)(C)CNC1CC1. The van der Waals surface area contributed by atoms with Crippen LogP contribution in [0.2, 0.25) is 0 Å². The van der Waals surface area contributed by atoms with Crippen molar-refractivity contribution in [3.63, 3.8) is 0 Å². The van der Waals surface area contributed by atoms with E-state index in [4.69, 9.17) is 4.74 Å². The van der Waals surface area contributed by atoms with Gasteiger partial charge >= 0.3 is 0 Å². The summed E-state index contributed by atoms with van der Waals surface area (Å²) in [6, 6.07) is 0.813. The second kappa shape index (κ2) is 7.34. The molecule has 1 rings (SSSR count). The Bertz CT molecular complexity index is 202. The van der Waals surface area contributed by atoms with E-state index < -0.39 is 0 Å². The number of hydrogen-bond donors (Lipinski definition) is 1. The number of rotatable bonds is 10. The summed E-state index contributed by atoms with van der Waals surface area (Å²) in [5, 5.41) is 3.64. The molecule has 0 unspecified atom stereocenters. The molecule has 0 aromatic rings. The van der Waals surface area contributed by atoms with Crippen molar-refractivity contribution in [3.05, 3.63) is 0 Å². The Labute approximate surface area is 107 Å². The van der Waals surface area contributed by atoms with E-state index in [1.165, 1.54) is 12.8 Å². The highest BCUT2D eigenvalue weighted by Gasteiger charge is 2.26. The van der Waals surface area contributed by atoms with Crippen molar-refractivity contribution in [3.8, 4) is 0 Å². The molecule has 1 fully saturated rings. The Morgan fingerprint density at radius 3 is 2.53 bits per heavy atom. The molecule has 1 aliphatic rings. The van der Waals surface area contributed by atoms with Gasteiger partial charge in [0.1, 0.15) is 0 Å². The lowest BCUT2D eigenvalue weighted by Crippen LogP contribution is -2.42. The van der Waals surface area contributed by atoms with Crippen LogP contribution in [0.15, 0.2) is 0 Å². The fourth-order valence-electron chi connectivity index (χ4n) is 2.06. The summed E-state index contributed by atoms with van der Waals surface area (Å²) in [6.45, 7) is 15.1. The fraction of sp³-hybridized carbons (Fsp3) is 1.00. The number of nitrogens with zero attached hydrogens (tertiary/aromatic N) is 1. The van der Waals surface area contributed by atoms with E-state index in [0.717, 1.165) is 45.4 Å². The molecule has 0 saturated heterocycles. The van der Waals surface area contributed by atoms with Gasteiger partial charge in [-0.1, -0.05) is 20.8 Å². The van der Waals surface area contributed by atoms with Gasteiger partial charge in [-0.25, -0.2) is 0 Å². The Hall–Kier alpha value is -0.120. The van der Waals surface area contributed by atoms with E-state index in [0.29, 0.717) is 5.41 Å². The van der Waals surface area contributed by atoms with Crippen LogP contribution in [-0.4, -0.2) is 50.3 Å². The predicted molar refractivity (Wildman–Crippen MR) is 73.4 cm³/mol. The third-order valence-electron chi connectivity index (χ3n) is 3.30. The Morgan fingerprint density at radius 1 is 1.29 bits per heavy atom. The van der Waals surface area contributed by atoms with Gasteiger partial charge in [-0.2, -0.15) is 0 Å². The first-order valence-electron chi connectivity index (χ1n) is 7.11. The molecule has 0 amide bonds. The molecule has 17 heavy (non-hydrogen) atoms. The van der Waals surface area contributed by atoms with Crippen molar-refractivity contribution in [1.82, 2.24) is 10.2 Å². The van der Waals surface area contributed by atoms with Gasteiger partial charge in [-0.05, 0) is 31.7 Å². The van der Waals surface area contributed by atoms with Crippen LogP contribution in [0.1, 0.15) is 40.5 Å². The first kappa shape index (κ1) is 14.9. The topological polar surface area (TPSA) is 24.5 Å². The minimum atomic E-state index is 0.352. The molecule has 0 atom stereocenters. The van der Waals surface area contributed by atoms with E-state index >= 15 is 0 Å². The molecule has 3 heteroatoms. The molecule has 1 N–H and O–H groups in total. The minimum absolute atomic E-state index is 0.352. The number of ether oxygens (including phenoxy) is 1. The van der Waals surface area contributed by atoms with E-state index in [1.807, 2.05) is 0 Å². The smallest absolute Gasteiger partial charge is 0.0593 e. The van der Waals surface area contributed by atoms with Gasteiger partial charge < -0.3 is 15.0 Å². The van der Waals surface area contributed by atoms with Crippen molar-refractivity contribution in [2.24, 2.45) is 5.41 Å². The van der Waals surface area contributed by atoms with Gasteiger partial charge in [0.05, 0.1) is 6.61 Å². The minimum Gasteiger partial charge on any atom is -0.380 e. The zero-order valence-electron chi connectivity index (χ0n) is 12.1. The van der Waals surface area contributed by atoms with Gasteiger partial charge in [0.25, 0.3) is 0 Å². The number of hydrogen-bond acceptors (Lipinski definition) is 3. The first-order valence-corrected chi connectivity index (χ1v) is 7.11. The Morgan fingerprint density at radius 2 is 2.00 bits per heavy atom. The van der Waals surface area contributed by atoms with Crippen LogP contribution in [0.5, 0.6) is 0 Å². The molecule has 0 radical (unpaired) electrons. The van der Waals surface area contributed by atoms with Crippen molar-refractivity contribution in [2.75, 3.05) is 39.4 Å². The maximum absolute atomic E-state index is 5.43. The lowest BCUT2D eigenvalue weighted by Gasteiger charge is -2.32. The fourth-order valence-corrected chi connectivity index (χ4v) is 2.06. The summed E-state index contributed by atoms with van der Waals surface area (Å²) in [4.78, 5) is 2.49. The van der Waals surface area contributed by atoms with E-state index in [1.54, 1.807) is 0 Å². The van der Waals surface area contributed by atoms with Gasteiger partial charge in [-0.15, -0.1) is 0 Å². The molecule has 1 saturated carbocycles. The Kier molecular flexibility index (Phi) is 6.45. The van der Waals surface area contributed by atoms with Crippen molar-refractivity contribution in [1.29, 1.82) is 0 Å². The predicted octanol–water partition coefficient (Wildman–Crippen LogP) is 2.12. The zero-order chi connectivity index (χ0) is 12.7. The van der Waals surface area contributed by atoms with Gasteiger partial charge in [0.2, 0.25) is 0 Å². The summed E-state index contributed by atoms with van der Waals surface area (Å²) in [7, 11) is 0. The summed E-state index contributed by atoms with van der Waals surface area (Å²) in [6.07, 6.45) is 2.75. The zero-order valence-corrected chi connectivity index (χ0v) is 12.1. The van der Waals surface area contributed by atoms with Gasteiger partial charge in [0, 0.05) is 32.3 Å². The molecular formula is C14H30N2O. The van der Waals surface area contributed by atoms with Crippen LogP contribution in [0.3, 0.4) is 0 Å². The highest BCUT2D eigenvalue weighted by molar-refractivity contribution is 4.85. The first-order chi connectivity index (χ1) is 8.07. The molecule has 0 bridgehead atoms. The standard InChI is InChI=1S/C14H30N2O/c1-5-16(9-10-17-6-2)12-14(3,4)11-15-13-7-8-13/h13,15H,5-12H2,1-4H3. The second-order valence-corrected chi connectivity index (χ2v) is 5.89. The summed E-state index contributed by atoms with van der Waals surface area (Å²) < 4.78 is 5.43. The van der Waals surface area contributed by atoms with E-state index in [-0.39, 0.29) is 0 Å². The lowest BCUT2D eigenvalue weighted by atomic mass is 9.92. The van der Waals surface area contributed by atoms with Gasteiger partial charge in [-0.3, -0.25) is 0 Å². The third-order valence-corrected chi connectivity index (χ3v) is 3.30. The molecule has 0 spiro atoms. The molecular weight excluding hydrogens is 212 g/mol. The average molecular weight is 242 g/mol. The average Bonchev–Trinajstić information content (AvgIpc) is 3.09. The monoisotopic (exact) mass is 242 g/mol. The maximum Gasteiger partial charge on any atom is 0.0593 e. The highest BCUT2D eigenvalue weighted by atomic mass is 16.5. The molecule has 3 nitrogen and oxygen atoms in total. The van der Waals surface area contributed by atoms with Crippen LogP contribution in [0, 0.1) is 5.41 Å². The summed E-state index contributed by atoms with van der Waals surface area (Å²) in [5.41, 5.74) is 0.352. The summed E-state index contributed by atoms with van der Waals surface area (Å²) >= 11 is 0. The van der Waals surface area contributed by atoms with Crippen LogP contribution >= 0.6 is 0 Å². The quantitative estimate of drug-likeness (QED) is 0.594. The maximum atomic E-state index is 5.43. The molecule has 102 valence electrons.